The van der Waals surface area contributed by atoms with Gasteiger partial charge in [-0.25, -0.2) is 14.0 Å². The van der Waals surface area contributed by atoms with Crippen LogP contribution in [0.25, 0.3) is 0 Å². The highest BCUT2D eigenvalue weighted by Crippen LogP contribution is 2.31. The number of hydrogen-bond acceptors (Lipinski definition) is 3. The van der Waals surface area contributed by atoms with Crippen molar-refractivity contribution in [2.45, 2.75) is 44.3 Å². The topological polar surface area (TPSA) is 99.3 Å². The fourth-order valence-corrected chi connectivity index (χ4v) is 4.08. The maximum atomic E-state index is 14.0. The second kappa shape index (κ2) is 7.78. The molecule has 2 aliphatic rings. The third kappa shape index (κ3) is 3.72. The van der Waals surface area contributed by atoms with E-state index in [-0.39, 0.29) is 24.4 Å². The molecule has 0 radical (unpaired) electrons. The predicted octanol–water partition coefficient (Wildman–Crippen LogP) is 2.76. The molecule has 1 saturated heterocycles. The van der Waals surface area contributed by atoms with Crippen molar-refractivity contribution in [1.82, 2.24) is 21.3 Å². The minimum atomic E-state index is -1.15. The van der Waals surface area contributed by atoms with Crippen molar-refractivity contribution in [1.29, 1.82) is 0 Å². The van der Waals surface area contributed by atoms with Crippen LogP contribution in [0, 0.1) is 5.82 Å². The van der Waals surface area contributed by atoms with Crippen LogP contribution in [0.1, 0.15) is 48.1 Å². The van der Waals surface area contributed by atoms with Crippen LogP contribution >= 0.6 is 0 Å². The Morgan fingerprint density at radius 2 is 2.03 bits per heavy atom. The molecule has 0 saturated carbocycles. The monoisotopic (exact) mass is 410 g/mol. The van der Waals surface area contributed by atoms with Crippen molar-refractivity contribution in [2.24, 2.45) is 0 Å². The summed E-state index contributed by atoms with van der Waals surface area (Å²) in [5.74, 6) is -0.647. The Morgan fingerprint density at radius 1 is 1.23 bits per heavy atom. The van der Waals surface area contributed by atoms with Gasteiger partial charge in [-0.05, 0) is 54.5 Å². The molecule has 4 rings (SSSR count). The molecule has 2 atom stereocenters. The van der Waals surface area contributed by atoms with Crippen LogP contribution in [0.5, 0.6) is 0 Å². The van der Waals surface area contributed by atoms with Crippen molar-refractivity contribution < 1.29 is 18.8 Å². The molecular weight excluding hydrogens is 387 g/mol. The molecule has 2 unspecified atom stereocenters. The van der Waals surface area contributed by atoms with Gasteiger partial charge in [0.25, 0.3) is 5.91 Å². The molecule has 4 N–H and O–H groups in total. The summed E-state index contributed by atoms with van der Waals surface area (Å²) in [6, 6.07) is 11.0. The van der Waals surface area contributed by atoms with E-state index in [1.165, 1.54) is 6.07 Å². The van der Waals surface area contributed by atoms with Crippen LogP contribution in [-0.2, 0) is 23.3 Å². The van der Waals surface area contributed by atoms with Crippen LogP contribution in [0.2, 0.25) is 0 Å². The zero-order valence-electron chi connectivity index (χ0n) is 16.5. The molecule has 156 valence electrons. The lowest BCUT2D eigenvalue weighted by molar-refractivity contribution is -0.123. The average molecular weight is 410 g/mol. The molecule has 2 aromatic carbocycles. The van der Waals surface area contributed by atoms with Gasteiger partial charge in [0.15, 0.2) is 0 Å². The normalized spacial score (nSPS) is 22.7. The highest BCUT2D eigenvalue weighted by molar-refractivity contribution is 6.07. The summed E-state index contributed by atoms with van der Waals surface area (Å²) < 4.78 is 14.0. The van der Waals surface area contributed by atoms with Crippen LogP contribution in [0.15, 0.2) is 42.5 Å². The van der Waals surface area contributed by atoms with Crippen LogP contribution in [0.4, 0.5) is 14.0 Å². The average Bonchev–Trinajstić information content (AvgIpc) is 3.00. The molecule has 5 amide bonds. The van der Waals surface area contributed by atoms with E-state index < -0.39 is 17.5 Å². The number of carbonyl (C=O) groups is 3. The lowest BCUT2D eigenvalue weighted by Gasteiger charge is -2.26. The summed E-state index contributed by atoms with van der Waals surface area (Å²) >= 11 is 0. The van der Waals surface area contributed by atoms with Gasteiger partial charge in [0.1, 0.15) is 11.4 Å². The fourth-order valence-electron chi connectivity index (χ4n) is 4.08. The molecule has 8 heteroatoms. The van der Waals surface area contributed by atoms with E-state index in [2.05, 4.69) is 21.3 Å². The van der Waals surface area contributed by atoms with Gasteiger partial charge in [-0.3, -0.25) is 10.1 Å². The number of fused-ring (bicyclic) bond motifs is 1. The summed E-state index contributed by atoms with van der Waals surface area (Å²) in [5.41, 5.74) is 1.77. The Balaban J connectivity index is 1.40. The molecular formula is C22H23FN4O3. The molecule has 0 bridgehead atoms. The zero-order valence-corrected chi connectivity index (χ0v) is 16.5. The Bertz CT molecular complexity index is 1030. The van der Waals surface area contributed by atoms with E-state index in [0.29, 0.717) is 17.5 Å². The second-order valence-corrected chi connectivity index (χ2v) is 7.81. The molecule has 1 aliphatic heterocycles. The quantitative estimate of drug-likeness (QED) is 0.583. The molecule has 2 aromatic rings. The number of nitrogens with one attached hydrogen (secondary N) is 4. The van der Waals surface area contributed by atoms with Gasteiger partial charge in [-0.1, -0.05) is 36.4 Å². The number of halogens is 1. The van der Waals surface area contributed by atoms with Gasteiger partial charge in [-0.2, -0.15) is 0 Å². The first-order valence-electron chi connectivity index (χ1n) is 9.91. The highest BCUT2D eigenvalue weighted by Gasteiger charge is 2.43. The minimum Gasteiger partial charge on any atom is -0.334 e. The predicted molar refractivity (Wildman–Crippen MR) is 108 cm³/mol. The van der Waals surface area contributed by atoms with Gasteiger partial charge in [0.2, 0.25) is 0 Å². The number of urea groups is 2. The van der Waals surface area contributed by atoms with Crippen LogP contribution in [-0.4, -0.2) is 18.0 Å². The highest BCUT2D eigenvalue weighted by atomic mass is 19.1. The third-order valence-electron chi connectivity index (χ3n) is 5.76. The lowest BCUT2D eigenvalue weighted by atomic mass is 9.87. The lowest BCUT2D eigenvalue weighted by Crippen LogP contribution is -2.41. The Kier molecular flexibility index (Phi) is 5.15. The second-order valence-electron chi connectivity index (χ2n) is 7.81. The smallest absolute Gasteiger partial charge is 0.322 e. The molecule has 1 fully saturated rings. The van der Waals surface area contributed by atoms with E-state index in [4.69, 9.17) is 0 Å². The maximum absolute atomic E-state index is 14.0. The van der Waals surface area contributed by atoms with E-state index in [1.807, 2.05) is 12.1 Å². The summed E-state index contributed by atoms with van der Waals surface area (Å²) in [6.45, 7) is 1.88. The van der Waals surface area contributed by atoms with Gasteiger partial charge in [0.05, 0.1) is 6.04 Å². The first-order valence-corrected chi connectivity index (χ1v) is 9.91. The van der Waals surface area contributed by atoms with E-state index in [1.54, 1.807) is 31.2 Å². The van der Waals surface area contributed by atoms with Crippen molar-refractivity contribution in [3.63, 3.8) is 0 Å². The standard InChI is InChI=1S/C22H23FN4O3/c1-22(19(28)26-21(30)27-22)14-6-2-5-13(11-14)12-24-20(29)25-18-10-4-7-15-16(18)8-3-9-17(15)23/h2-3,5-6,8-9,11,18H,4,7,10,12H2,1H3,(H2,24,25,29)(H2,26,27,28,30). The third-order valence-corrected chi connectivity index (χ3v) is 5.76. The Labute approximate surface area is 173 Å². The summed E-state index contributed by atoms with van der Waals surface area (Å²) in [5, 5.41) is 10.6. The number of imide groups is 1. The van der Waals surface area contributed by atoms with Gasteiger partial charge < -0.3 is 16.0 Å². The van der Waals surface area contributed by atoms with Crippen molar-refractivity contribution in [3.05, 3.63) is 70.5 Å². The molecule has 1 heterocycles. The van der Waals surface area contributed by atoms with E-state index >= 15 is 0 Å². The van der Waals surface area contributed by atoms with Gasteiger partial charge >= 0.3 is 12.1 Å². The van der Waals surface area contributed by atoms with Crippen molar-refractivity contribution in [2.75, 3.05) is 0 Å². The zero-order chi connectivity index (χ0) is 21.3. The van der Waals surface area contributed by atoms with Crippen LogP contribution < -0.4 is 21.3 Å². The minimum absolute atomic E-state index is 0.229. The Hall–Kier alpha value is -3.42. The SMILES string of the molecule is CC1(c2cccc(CNC(=O)NC3CCCc4c(F)cccc43)c2)NC(=O)NC1=O. The van der Waals surface area contributed by atoms with E-state index in [0.717, 1.165) is 24.0 Å². The largest absolute Gasteiger partial charge is 0.334 e. The summed E-state index contributed by atoms with van der Waals surface area (Å²) in [4.78, 5) is 36.1. The first-order chi connectivity index (χ1) is 14.4. The molecule has 0 spiro atoms. The van der Waals surface area contributed by atoms with Gasteiger partial charge in [0, 0.05) is 6.54 Å². The molecule has 30 heavy (non-hydrogen) atoms. The Morgan fingerprint density at radius 3 is 2.80 bits per heavy atom. The van der Waals surface area contributed by atoms with Crippen molar-refractivity contribution in [3.8, 4) is 0 Å². The van der Waals surface area contributed by atoms with Crippen LogP contribution in [0.3, 0.4) is 0 Å². The number of hydrogen-bond donors (Lipinski definition) is 4. The fraction of sp³-hybridized carbons (Fsp3) is 0.318. The molecule has 0 aromatic heterocycles. The summed E-state index contributed by atoms with van der Waals surface area (Å²) in [7, 11) is 0. The molecule has 1 aliphatic carbocycles. The van der Waals surface area contributed by atoms with Crippen molar-refractivity contribution >= 4 is 18.0 Å². The van der Waals surface area contributed by atoms with Gasteiger partial charge in [-0.15, -0.1) is 0 Å². The number of benzene rings is 2. The maximum Gasteiger partial charge on any atom is 0.322 e. The molecule has 7 nitrogen and oxygen atoms in total. The number of amides is 5. The first kappa shape index (κ1) is 19.9. The summed E-state index contributed by atoms with van der Waals surface area (Å²) in [6.07, 6.45) is 2.25. The van der Waals surface area contributed by atoms with E-state index in [9.17, 15) is 18.8 Å². The number of carbonyl (C=O) groups excluding carboxylic acids is 3. The number of rotatable bonds is 4.